The van der Waals surface area contributed by atoms with Crippen LogP contribution >= 0.6 is 11.3 Å². The van der Waals surface area contributed by atoms with Crippen LogP contribution in [0.3, 0.4) is 0 Å². The molecule has 0 saturated heterocycles. The molecule has 32 heavy (non-hydrogen) atoms. The molecule has 4 nitrogen and oxygen atoms in total. The largest absolute Gasteiger partial charge is 0.478 e. The van der Waals surface area contributed by atoms with Gasteiger partial charge in [0.05, 0.1) is 16.5 Å². The van der Waals surface area contributed by atoms with E-state index in [0.717, 1.165) is 6.42 Å². The predicted octanol–water partition coefficient (Wildman–Crippen LogP) is 5.93. The average molecular weight is 457 g/mol. The molecule has 0 amide bonds. The van der Waals surface area contributed by atoms with Gasteiger partial charge in [0.15, 0.2) is 0 Å². The molecule has 8 heteroatoms. The molecule has 1 aliphatic rings. The van der Waals surface area contributed by atoms with Gasteiger partial charge in [-0.05, 0) is 35.6 Å². The lowest BCUT2D eigenvalue weighted by molar-refractivity contribution is -0.152. The number of halogens is 3. The molecule has 0 bridgehead atoms. The molecule has 0 fully saturated rings. The van der Waals surface area contributed by atoms with Gasteiger partial charge in [0.1, 0.15) is 18.1 Å². The summed E-state index contributed by atoms with van der Waals surface area (Å²) in [6.45, 7) is 1.33. The number of ether oxygens (including phenoxy) is 1. The van der Waals surface area contributed by atoms with Crippen molar-refractivity contribution in [1.82, 2.24) is 4.90 Å². The number of fused-ring (bicyclic) bond motifs is 3. The maximum absolute atomic E-state index is 14.0. The van der Waals surface area contributed by atoms with Gasteiger partial charge in [0.25, 0.3) is 0 Å². The summed E-state index contributed by atoms with van der Waals surface area (Å²) in [5.74, 6) is -0.848. The van der Waals surface area contributed by atoms with Crippen LogP contribution in [0.4, 0.5) is 13.2 Å². The zero-order valence-corrected chi connectivity index (χ0v) is 17.6. The molecule has 0 atom stereocenters. The summed E-state index contributed by atoms with van der Waals surface area (Å²) in [6, 6.07) is 14.9. The Morgan fingerprint density at radius 3 is 2.56 bits per heavy atom. The standard InChI is InChI=1S/C24H18F3NO3S/c25-24(26,27)23-20(15-5-2-1-3-6-15)21(29)17-8-9-19-18(22(17)31-23)13-28(14-30-19)11-10-16-7-4-12-32-16/h1-9,12H,10-11,13-14H2. The van der Waals surface area contributed by atoms with Gasteiger partial charge >= 0.3 is 6.18 Å². The maximum atomic E-state index is 14.0. The minimum Gasteiger partial charge on any atom is -0.478 e. The van der Waals surface area contributed by atoms with Gasteiger partial charge in [0.2, 0.25) is 11.2 Å². The van der Waals surface area contributed by atoms with Crippen molar-refractivity contribution < 1.29 is 22.3 Å². The summed E-state index contributed by atoms with van der Waals surface area (Å²) >= 11 is 1.65. The smallest absolute Gasteiger partial charge is 0.450 e. The highest BCUT2D eigenvalue weighted by atomic mass is 32.1. The second kappa shape index (κ2) is 8.11. The van der Waals surface area contributed by atoms with Crippen molar-refractivity contribution in [2.24, 2.45) is 0 Å². The maximum Gasteiger partial charge on any atom is 0.450 e. The number of nitrogens with zero attached hydrogens (tertiary/aromatic N) is 1. The number of rotatable bonds is 4. The van der Waals surface area contributed by atoms with E-state index < -0.39 is 22.9 Å². The average Bonchev–Trinajstić information content (AvgIpc) is 3.31. The minimum absolute atomic E-state index is 0.0691. The van der Waals surface area contributed by atoms with Crippen molar-refractivity contribution >= 4 is 22.3 Å². The molecule has 164 valence electrons. The van der Waals surface area contributed by atoms with Gasteiger partial charge in [-0.3, -0.25) is 9.69 Å². The first-order valence-corrected chi connectivity index (χ1v) is 10.9. The molecule has 3 heterocycles. The SMILES string of the molecule is O=c1c(-c2ccccc2)c(C(F)(F)F)oc2c3c(ccc12)OCN(CCc1cccs1)C3. The highest BCUT2D eigenvalue weighted by Crippen LogP contribution is 2.40. The minimum atomic E-state index is -4.82. The van der Waals surface area contributed by atoms with Crippen molar-refractivity contribution in [2.75, 3.05) is 13.3 Å². The quantitative estimate of drug-likeness (QED) is 0.381. The summed E-state index contributed by atoms with van der Waals surface area (Å²) < 4.78 is 53.1. The van der Waals surface area contributed by atoms with E-state index >= 15 is 0 Å². The van der Waals surface area contributed by atoms with E-state index in [-0.39, 0.29) is 16.5 Å². The van der Waals surface area contributed by atoms with Crippen LogP contribution in [-0.2, 0) is 19.1 Å². The van der Waals surface area contributed by atoms with Crippen molar-refractivity contribution in [3.05, 3.63) is 86.4 Å². The molecule has 2 aromatic carbocycles. The van der Waals surface area contributed by atoms with Crippen molar-refractivity contribution in [1.29, 1.82) is 0 Å². The monoisotopic (exact) mass is 457 g/mol. The second-order valence-electron chi connectivity index (χ2n) is 7.57. The van der Waals surface area contributed by atoms with Crippen molar-refractivity contribution in [3.8, 4) is 16.9 Å². The van der Waals surface area contributed by atoms with Gasteiger partial charge in [0, 0.05) is 18.0 Å². The van der Waals surface area contributed by atoms with E-state index in [0.29, 0.717) is 31.1 Å². The third kappa shape index (κ3) is 3.80. The zero-order chi connectivity index (χ0) is 22.3. The lowest BCUT2D eigenvalue weighted by atomic mass is 10.00. The lowest BCUT2D eigenvalue weighted by Crippen LogP contribution is -2.33. The van der Waals surface area contributed by atoms with Crippen LogP contribution in [0.2, 0.25) is 0 Å². The number of hydrogen-bond acceptors (Lipinski definition) is 5. The molecule has 0 spiro atoms. The van der Waals surface area contributed by atoms with Crippen LogP contribution in [0.15, 0.2) is 69.2 Å². The Bertz CT molecular complexity index is 1310. The van der Waals surface area contributed by atoms with Gasteiger partial charge in [-0.25, -0.2) is 0 Å². The Hall–Kier alpha value is -3.10. The first-order valence-electron chi connectivity index (χ1n) is 10.0. The molecule has 2 aromatic heterocycles. The molecule has 0 aliphatic carbocycles. The molecule has 5 rings (SSSR count). The van der Waals surface area contributed by atoms with Gasteiger partial charge < -0.3 is 9.15 Å². The number of benzene rings is 2. The fourth-order valence-corrected chi connectivity index (χ4v) is 4.64. The molecule has 4 aromatic rings. The van der Waals surface area contributed by atoms with Crippen molar-refractivity contribution in [3.63, 3.8) is 0 Å². The first-order chi connectivity index (χ1) is 15.4. The summed E-state index contributed by atoms with van der Waals surface area (Å²) in [5.41, 5.74) is -0.621. The Morgan fingerprint density at radius 1 is 1.03 bits per heavy atom. The van der Waals surface area contributed by atoms with E-state index in [2.05, 4.69) is 0 Å². The molecule has 0 radical (unpaired) electrons. The topological polar surface area (TPSA) is 42.7 Å². The summed E-state index contributed by atoms with van der Waals surface area (Å²) in [6.07, 6.45) is -4.02. The van der Waals surface area contributed by atoms with E-state index in [4.69, 9.17) is 9.15 Å². The molecule has 0 saturated carbocycles. The fraction of sp³-hybridized carbons (Fsp3) is 0.208. The van der Waals surface area contributed by atoms with E-state index in [9.17, 15) is 18.0 Å². The van der Waals surface area contributed by atoms with Crippen LogP contribution in [0.5, 0.6) is 5.75 Å². The van der Waals surface area contributed by atoms with Crippen LogP contribution in [0.25, 0.3) is 22.1 Å². The summed E-state index contributed by atoms with van der Waals surface area (Å²) in [5, 5.41) is 2.11. The summed E-state index contributed by atoms with van der Waals surface area (Å²) in [7, 11) is 0. The Balaban J connectivity index is 1.61. The normalized spacial score (nSPS) is 14.3. The van der Waals surface area contributed by atoms with Gasteiger partial charge in [-0.2, -0.15) is 13.2 Å². The lowest BCUT2D eigenvalue weighted by Gasteiger charge is -2.29. The Labute approximate surface area is 185 Å². The highest BCUT2D eigenvalue weighted by molar-refractivity contribution is 7.09. The number of alkyl halides is 3. The molecule has 1 aliphatic heterocycles. The molecular weight excluding hydrogens is 439 g/mol. The fourth-order valence-electron chi connectivity index (χ4n) is 3.94. The van der Waals surface area contributed by atoms with Crippen LogP contribution in [-0.4, -0.2) is 18.2 Å². The second-order valence-corrected chi connectivity index (χ2v) is 8.61. The third-order valence-corrected chi connectivity index (χ3v) is 6.42. The summed E-state index contributed by atoms with van der Waals surface area (Å²) in [4.78, 5) is 16.4. The predicted molar refractivity (Wildman–Crippen MR) is 117 cm³/mol. The van der Waals surface area contributed by atoms with Crippen molar-refractivity contribution in [2.45, 2.75) is 19.1 Å². The number of hydrogen-bond donors (Lipinski definition) is 0. The third-order valence-electron chi connectivity index (χ3n) is 5.48. The Morgan fingerprint density at radius 2 is 1.84 bits per heavy atom. The van der Waals surface area contributed by atoms with E-state index in [1.807, 2.05) is 22.4 Å². The number of thiophene rings is 1. The van der Waals surface area contributed by atoms with E-state index in [1.165, 1.54) is 23.1 Å². The van der Waals surface area contributed by atoms with Crippen LogP contribution in [0, 0.1) is 0 Å². The Kier molecular flexibility index (Phi) is 5.27. The zero-order valence-electron chi connectivity index (χ0n) is 16.8. The van der Waals surface area contributed by atoms with Gasteiger partial charge in [-0.15, -0.1) is 11.3 Å². The highest BCUT2D eigenvalue weighted by Gasteiger charge is 2.40. The van der Waals surface area contributed by atoms with Crippen LogP contribution in [0.1, 0.15) is 16.2 Å². The van der Waals surface area contributed by atoms with E-state index in [1.54, 1.807) is 35.6 Å². The van der Waals surface area contributed by atoms with Crippen LogP contribution < -0.4 is 10.2 Å². The molecule has 0 N–H and O–H groups in total. The molecule has 0 unspecified atom stereocenters. The van der Waals surface area contributed by atoms with Gasteiger partial charge in [-0.1, -0.05) is 36.4 Å². The molecular formula is C24H18F3NO3S. The first kappa shape index (κ1) is 20.8.